The Balaban J connectivity index is 1.66. The van der Waals surface area contributed by atoms with Gasteiger partial charge >= 0.3 is 0 Å². The number of rotatable bonds is 6. The smallest absolute Gasteiger partial charge is 0.271 e. The number of carbonyl (C=O) groups excluding carboxylic acids is 1. The molecule has 0 saturated heterocycles. The molecule has 1 aromatic rings. The van der Waals surface area contributed by atoms with E-state index in [9.17, 15) is 4.79 Å². The molecule has 2 fully saturated rings. The van der Waals surface area contributed by atoms with Crippen molar-refractivity contribution in [1.29, 1.82) is 0 Å². The maximum Gasteiger partial charge on any atom is 0.271 e. The summed E-state index contributed by atoms with van der Waals surface area (Å²) in [6, 6.07) is 2.17. The van der Waals surface area contributed by atoms with Crippen LogP contribution in [0.3, 0.4) is 0 Å². The molecule has 0 radical (unpaired) electrons. The molecule has 0 aromatic carbocycles. The van der Waals surface area contributed by atoms with Gasteiger partial charge in [-0.2, -0.15) is 0 Å². The van der Waals surface area contributed by atoms with Crippen molar-refractivity contribution in [3.63, 3.8) is 0 Å². The number of fused-ring (bicyclic) bond motifs is 2. The van der Waals surface area contributed by atoms with Crippen LogP contribution < -0.4 is 5.32 Å². The number of nitrogens with one attached hydrogen (secondary N) is 1. The summed E-state index contributed by atoms with van der Waals surface area (Å²) in [5, 5.41) is 3.21. The van der Waals surface area contributed by atoms with E-state index in [0.29, 0.717) is 23.6 Å². The fourth-order valence-corrected chi connectivity index (χ4v) is 4.48. The van der Waals surface area contributed by atoms with Crippen LogP contribution in [0.1, 0.15) is 67.3 Å². The van der Waals surface area contributed by atoms with Gasteiger partial charge in [0.05, 0.1) is 18.6 Å². The van der Waals surface area contributed by atoms with Gasteiger partial charge in [0.1, 0.15) is 5.69 Å². The van der Waals surface area contributed by atoms with E-state index in [1.807, 2.05) is 31.5 Å². The van der Waals surface area contributed by atoms with Crippen molar-refractivity contribution in [2.75, 3.05) is 6.61 Å². The second-order valence-electron chi connectivity index (χ2n) is 8.35. The molecule has 2 unspecified atom stereocenters. The van der Waals surface area contributed by atoms with Crippen LogP contribution in [-0.4, -0.2) is 39.2 Å². The van der Waals surface area contributed by atoms with Gasteiger partial charge in [-0.05, 0) is 63.9 Å². The number of carbonyl (C=O) groups is 1. The predicted molar refractivity (Wildman–Crippen MR) is 109 cm³/mol. The molecule has 2 aliphatic rings. The van der Waals surface area contributed by atoms with Crippen molar-refractivity contribution >= 4 is 5.91 Å². The van der Waals surface area contributed by atoms with Gasteiger partial charge in [-0.1, -0.05) is 13.3 Å². The van der Waals surface area contributed by atoms with E-state index in [2.05, 4.69) is 22.2 Å². The largest absolute Gasteiger partial charge is 0.378 e. The maximum atomic E-state index is 12.8. The molecule has 28 heavy (non-hydrogen) atoms. The van der Waals surface area contributed by atoms with E-state index in [0.717, 1.165) is 37.3 Å². The Kier molecular flexibility index (Phi) is 7.05. The molecule has 0 aliphatic heterocycles. The first-order valence-electron chi connectivity index (χ1n) is 10.6. The highest BCUT2D eigenvalue weighted by atomic mass is 16.5. The van der Waals surface area contributed by atoms with Crippen molar-refractivity contribution in [3.05, 3.63) is 35.7 Å². The molecule has 1 aromatic heterocycles. The summed E-state index contributed by atoms with van der Waals surface area (Å²) in [5.74, 6) is 0.991. The Labute approximate surface area is 168 Å². The molecule has 6 heteroatoms. The molecule has 1 heterocycles. The van der Waals surface area contributed by atoms with Gasteiger partial charge in [-0.3, -0.25) is 9.78 Å². The van der Waals surface area contributed by atoms with E-state index < -0.39 is 0 Å². The van der Waals surface area contributed by atoms with E-state index in [1.54, 1.807) is 12.5 Å². The molecule has 2 saturated carbocycles. The number of aromatic nitrogens is 3. The fourth-order valence-electron chi connectivity index (χ4n) is 4.48. The lowest BCUT2D eigenvalue weighted by Crippen LogP contribution is -2.44. The highest BCUT2D eigenvalue weighted by Gasteiger charge is 2.43. The van der Waals surface area contributed by atoms with Crippen LogP contribution in [0.25, 0.3) is 0 Å². The third-order valence-electron chi connectivity index (χ3n) is 6.12. The number of nitrogens with zero attached hydrogens (tertiary/aromatic N) is 3. The van der Waals surface area contributed by atoms with Gasteiger partial charge in [0.2, 0.25) is 0 Å². The summed E-state index contributed by atoms with van der Waals surface area (Å²) in [5.41, 5.74) is 2.23. The second-order valence-corrected chi connectivity index (χ2v) is 8.35. The number of ether oxygens (including phenoxy) is 1. The number of hydrogen-bond donors (Lipinski definition) is 1. The Hall–Kier alpha value is -1.95. The van der Waals surface area contributed by atoms with Crippen molar-refractivity contribution in [1.82, 2.24) is 19.9 Å². The van der Waals surface area contributed by atoms with Crippen LogP contribution in [0, 0.1) is 25.7 Å². The summed E-state index contributed by atoms with van der Waals surface area (Å²) >= 11 is 0. The summed E-state index contributed by atoms with van der Waals surface area (Å²) in [6.07, 6.45) is 10.4. The molecule has 0 spiro atoms. The molecule has 2 bridgehead atoms. The molecular formula is C22H34N4O2. The summed E-state index contributed by atoms with van der Waals surface area (Å²) in [6.45, 7) is 6.98. The predicted octanol–water partition coefficient (Wildman–Crippen LogP) is 3.66. The van der Waals surface area contributed by atoms with E-state index in [4.69, 9.17) is 4.74 Å². The minimum atomic E-state index is -0.143. The topological polar surface area (TPSA) is 69.0 Å². The van der Waals surface area contributed by atoms with E-state index in [1.165, 1.54) is 19.3 Å². The van der Waals surface area contributed by atoms with E-state index in [-0.39, 0.29) is 11.9 Å². The van der Waals surface area contributed by atoms with Crippen molar-refractivity contribution in [3.8, 4) is 0 Å². The van der Waals surface area contributed by atoms with Crippen LogP contribution >= 0.6 is 0 Å². The lowest BCUT2D eigenvalue weighted by Gasteiger charge is -2.35. The minimum absolute atomic E-state index is 0.143. The Bertz CT molecular complexity index is 730. The molecule has 1 amide bonds. The lowest BCUT2D eigenvalue weighted by atomic mass is 9.82. The van der Waals surface area contributed by atoms with Gasteiger partial charge in [0, 0.05) is 31.1 Å². The van der Waals surface area contributed by atoms with Crippen LogP contribution in [0.2, 0.25) is 0 Å². The normalized spacial score (nSPS) is 26.0. The quantitative estimate of drug-likeness (QED) is 0.758. The zero-order valence-corrected chi connectivity index (χ0v) is 17.6. The highest BCUT2D eigenvalue weighted by molar-refractivity contribution is 5.92. The maximum absolute atomic E-state index is 12.8. The first-order valence-corrected chi connectivity index (χ1v) is 10.6. The Morgan fingerprint density at radius 3 is 2.64 bits per heavy atom. The third kappa shape index (κ3) is 5.10. The summed E-state index contributed by atoms with van der Waals surface area (Å²) < 4.78 is 8.07. The van der Waals surface area contributed by atoms with Crippen molar-refractivity contribution in [2.45, 2.75) is 71.4 Å². The molecular weight excluding hydrogens is 352 g/mol. The van der Waals surface area contributed by atoms with Crippen molar-refractivity contribution in [2.24, 2.45) is 18.9 Å². The first-order chi connectivity index (χ1) is 13.5. The van der Waals surface area contributed by atoms with Gasteiger partial charge in [0.25, 0.3) is 5.91 Å². The average molecular weight is 387 g/mol. The summed E-state index contributed by atoms with van der Waals surface area (Å²) in [4.78, 5) is 21.6. The third-order valence-corrected chi connectivity index (χ3v) is 6.12. The molecule has 1 N–H and O–H groups in total. The monoisotopic (exact) mass is 386 g/mol. The first kappa shape index (κ1) is 20.8. The molecule has 4 atom stereocenters. The van der Waals surface area contributed by atoms with Crippen LogP contribution in [0.4, 0.5) is 0 Å². The van der Waals surface area contributed by atoms with Crippen LogP contribution in [0.15, 0.2) is 18.6 Å². The molecule has 154 valence electrons. The number of hydrogen-bond acceptors (Lipinski definition) is 4. The fraction of sp³-hybridized carbons (Fsp3) is 0.682. The minimum Gasteiger partial charge on any atom is -0.378 e. The number of unbranched alkanes of at least 4 members (excludes halogenated alkanes) is 1. The number of aryl methyl sites for hydroxylation is 3. The van der Waals surface area contributed by atoms with Gasteiger partial charge in [-0.25, -0.2) is 4.98 Å². The molecule has 2 aliphatic carbocycles. The second kappa shape index (κ2) is 9.50. The summed E-state index contributed by atoms with van der Waals surface area (Å²) in [7, 11) is 1.92. The molecule has 3 rings (SSSR count). The lowest BCUT2D eigenvalue weighted by molar-refractivity contribution is -0.0263. The van der Waals surface area contributed by atoms with Gasteiger partial charge in [-0.15, -0.1) is 0 Å². The zero-order chi connectivity index (χ0) is 20.1. The number of amides is 1. The SMILES string of the molecule is CCCCOC1[C@@H]2CC[C@H]1CC(NC(=O)c1cnc(C)cc(C)n(C)cn1)C2. The standard InChI is InChI=1S/C22H34N4O2/c1-5-6-9-28-21-17-7-8-18(21)12-19(11-17)25-22(27)20-13-23-15(2)10-16(3)26(4)14-24-20/h10,13-14,17-19,21H,5-9,11-12H2,1-4H3,(H,25,27)/t17-,18+,19?,21?. The Morgan fingerprint density at radius 2 is 1.96 bits per heavy atom. The van der Waals surface area contributed by atoms with Gasteiger partial charge in [0.15, 0.2) is 0 Å². The van der Waals surface area contributed by atoms with Crippen LogP contribution in [-0.2, 0) is 11.8 Å². The van der Waals surface area contributed by atoms with Crippen molar-refractivity contribution < 1.29 is 9.53 Å². The zero-order valence-electron chi connectivity index (χ0n) is 17.6. The van der Waals surface area contributed by atoms with Gasteiger partial charge < -0.3 is 14.6 Å². The molecule has 6 nitrogen and oxygen atoms in total. The average Bonchev–Trinajstić information content (AvgIpc) is 2.92. The van der Waals surface area contributed by atoms with Crippen LogP contribution in [0.5, 0.6) is 0 Å². The van der Waals surface area contributed by atoms with E-state index >= 15 is 0 Å². The Morgan fingerprint density at radius 1 is 1.25 bits per heavy atom. The highest BCUT2D eigenvalue weighted by Crippen LogP contribution is 2.44.